The van der Waals surface area contributed by atoms with Crippen LogP contribution in [0.4, 0.5) is 5.82 Å². The number of aryl methyl sites for hydroxylation is 1. The maximum absolute atomic E-state index is 11.7. The van der Waals surface area contributed by atoms with Gasteiger partial charge >= 0.3 is 0 Å². The zero-order valence-electron chi connectivity index (χ0n) is 11.9. The van der Waals surface area contributed by atoms with Gasteiger partial charge in [-0.2, -0.15) is 0 Å². The first-order valence-corrected chi connectivity index (χ1v) is 8.92. The van der Waals surface area contributed by atoms with Crippen molar-refractivity contribution in [2.45, 2.75) is 32.8 Å². The molecule has 0 aromatic carbocycles. The van der Waals surface area contributed by atoms with Crippen LogP contribution >= 0.6 is 0 Å². The zero-order chi connectivity index (χ0) is 14.6. The van der Waals surface area contributed by atoms with E-state index in [1.165, 1.54) is 0 Å². The van der Waals surface area contributed by atoms with Gasteiger partial charge in [-0.1, -0.05) is 13.3 Å². The summed E-state index contributed by atoms with van der Waals surface area (Å²) < 4.78 is 23.3. The average Bonchev–Trinajstić information content (AvgIpc) is 2.59. The van der Waals surface area contributed by atoms with Gasteiger partial charge in [-0.3, -0.25) is 0 Å². The molecule has 2 heterocycles. The number of hydrogen-bond donors (Lipinski definition) is 1. The van der Waals surface area contributed by atoms with Crippen molar-refractivity contribution in [2.75, 3.05) is 29.5 Å². The van der Waals surface area contributed by atoms with Crippen LogP contribution in [0.2, 0.25) is 0 Å². The molecule has 1 aromatic heterocycles. The molecule has 0 spiro atoms. The van der Waals surface area contributed by atoms with Crippen molar-refractivity contribution in [3.8, 4) is 0 Å². The lowest BCUT2D eigenvalue weighted by Crippen LogP contribution is -2.28. The first-order valence-electron chi connectivity index (χ1n) is 7.10. The standard InChI is InChI=1S/C14H22N2O3S/c1-2-4-13-9-12(11-17)10-14(15-13)16-5-3-7-20(18,19)8-6-16/h9-10,17H,2-8,11H2,1H3. The average molecular weight is 298 g/mol. The highest BCUT2D eigenvalue weighted by Crippen LogP contribution is 2.19. The molecule has 0 radical (unpaired) electrons. The fourth-order valence-electron chi connectivity index (χ4n) is 2.44. The Bertz CT molecular complexity index is 558. The molecule has 1 N–H and O–H groups in total. The molecule has 0 aliphatic carbocycles. The third kappa shape index (κ3) is 3.93. The van der Waals surface area contributed by atoms with E-state index in [0.29, 0.717) is 19.5 Å². The number of hydrogen-bond acceptors (Lipinski definition) is 5. The van der Waals surface area contributed by atoms with Crippen molar-refractivity contribution in [3.05, 3.63) is 23.4 Å². The highest BCUT2D eigenvalue weighted by molar-refractivity contribution is 7.91. The number of aliphatic hydroxyl groups excluding tert-OH is 1. The van der Waals surface area contributed by atoms with Crippen molar-refractivity contribution in [3.63, 3.8) is 0 Å². The number of pyridine rings is 1. The van der Waals surface area contributed by atoms with Crippen molar-refractivity contribution >= 4 is 15.7 Å². The van der Waals surface area contributed by atoms with Gasteiger partial charge in [0, 0.05) is 18.8 Å². The molecule has 1 aromatic rings. The molecule has 2 rings (SSSR count). The minimum Gasteiger partial charge on any atom is -0.392 e. The van der Waals surface area contributed by atoms with Crippen molar-refractivity contribution in [2.24, 2.45) is 0 Å². The van der Waals surface area contributed by atoms with Gasteiger partial charge in [0.2, 0.25) is 0 Å². The second kappa shape index (κ2) is 6.54. The minimum atomic E-state index is -2.91. The molecule has 6 heteroatoms. The van der Waals surface area contributed by atoms with Crippen LogP contribution in [-0.2, 0) is 22.9 Å². The summed E-state index contributed by atoms with van der Waals surface area (Å²) in [5.74, 6) is 1.23. The smallest absolute Gasteiger partial charge is 0.152 e. The van der Waals surface area contributed by atoms with E-state index in [2.05, 4.69) is 11.9 Å². The molecule has 1 aliphatic heterocycles. The summed E-state index contributed by atoms with van der Waals surface area (Å²) in [7, 11) is -2.91. The Morgan fingerprint density at radius 1 is 1.30 bits per heavy atom. The van der Waals surface area contributed by atoms with Crippen LogP contribution in [0, 0.1) is 0 Å². The Balaban J connectivity index is 2.24. The van der Waals surface area contributed by atoms with Gasteiger partial charge in [-0.15, -0.1) is 0 Å². The second-order valence-corrected chi connectivity index (χ2v) is 7.53. The van der Waals surface area contributed by atoms with E-state index in [-0.39, 0.29) is 18.1 Å². The van der Waals surface area contributed by atoms with E-state index < -0.39 is 9.84 Å². The molecule has 112 valence electrons. The number of aromatic nitrogens is 1. The van der Waals surface area contributed by atoms with E-state index in [0.717, 1.165) is 29.9 Å². The summed E-state index contributed by atoms with van der Waals surface area (Å²) in [5.41, 5.74) is 1.80. The van der Waals surface area contributed by atoms with Crippen LogP contribution in [0.5, 0.6) is 0 Å². The van der Waals surface area contributed by atoms with Crippen molar-refractivity contribution in [1.29, 1.82) is 0 Å². The molecule has 1 saturated heterocycles. The van der Waals surface area contributed by atoms with E-state index in [1.807, 2.05) is 17.0 Å². The summed E-state index contributed by atoms with van der Waals surface area (Å²) in [6.07, 6.45) is 2.50. The topological polar surface area (TPSA) is 70.5 Å². The second-order valence-electron chi connectivity index (χ2n) is 5.23. The van der Waals surface area contributed by atoms with Gasteiger partial charge in [0.25, 0.3) is 0 Å². The minimum absolute atomic E-state index is 0.0155. The highest BCUT2D eigenvalue weighted by atomic mass is 32.2. The molecule has 1 aliphatic rings. The molecule has 0 atom stereocenters. The van der Waals surface area contributed by atoms with Gasteiger partial charge in [-0.05, 0) is 30.5 Å². The van der Waals surface area contributed by atoms with E-state index in [4.69, 9.17) is 0 Å². The van der Waals surface area contributed by atoms with E-state index in [1.54, 1.807) is 0 Å². The lowest BCUT2D eigenvalue weighted by atomic mass is 10.1. The van der Waals surface area contributed by atoms with Crippen LogP contribution in [0.25, 0.3) is 0 Å². The van der Waals surface area contributed by atoms with Crippen molar-refractivity contribution < 1.29 is 13.5 Å². The summed E-state index contributed by atoms with van der Waals surface area (Å²) in [6, 6.07) is 3.78. The number of anilines is 1. The van der Waals surface area contributed by atoms with Crippen LogP contribution in [0.3, 0.4) is 0 Å². The number of nitrogens with zero attached hydrogens (tertiary/aromatic N) is 2. The monoisotopic (exact) mass is 298 g/mol. The lowest BCUT2D eigenvalue weighted by Gasteiger charge is -2.22. The maximum Gasteiger partial charge on any atom is 0.152 e. The number of sulfone groups is 1. The predicted molar refractivity (Wildman–Crippen MR) is 79.6 cm³/mol. The number of rotatable bonds is 4. The maximum atomic E-state index is 11.7. The van der Waals surface area contributed by atoms with Crippen LogP contribution in [0.1, 0.15) is 31.0 Å². The first-order chi connectivity index (χ1) is 9.54. The molecule has 1 fully saturated rings. The molecular formula is C14H22N2O3S. The first kappa shape index (κ1) is 15.3. The van der Waals surface area contributed by atoms with Gasteiger partial charge < -0.3 is 10.0 Å². The van der Waals surface area contributed by atoms with Crippen LogP contribution < -0.4 is 4.90 Å². The SMILES string of the molecule is CCCc1cc(CO)cc(N2CCCS(=O)(=O)CC2)n1. The third-order valence-electron chi connectivity index (χ3n) is 3.49. The van der Waals surface area contributed by atoms with E-state index in [9.17, 15) is 13.5 Å². The normalized spacial score (nSPS) is 18.8. The van der Waals surface area contributed by atoms with Gasteiger partial charge in [0.1, 0.15) is 5.82 Å². The van der Waals surface area contributed by atoms with Crippen LogP contribution in [-0.4, -0.2) is 43.1 Å². The Hall–Kier alpha value is -1.14. The lowest BCUT2D eigenvalue weighted by molar-refractivity contribution is 0.281. The van der Waals surface area contributed by atoms with Crippen molar-refractivity contribution in [1.82, 2.24) is 4.98 Å². The van der Waals surface area contributed by atoms with Gasteiger partial charge in [0.05, 0.1) is 18.1 Å². The largest absolute Gasteiger partial charge is 0.392 e. The molecular weight excluding hydrogens is 276 g/mol. The summed E-state index contributed by atoms with van der Waals surface area (Å²) >= 11 is 0. The quantitative estimate of drug-likeness (QED) is 0.903. The summed E-state index contributed by atoms with van der Waals surface area (Å²) in [5, 5.41) is 9.35. The molecule has 0 amide bonds. The van der Waals surface area contributed by atoms with Crippen LogP contribution in [0.15, 0.2) is 12.1 Å². The molecule has 0 unspecified atom stereocenters. The fraction of sp³-hybridized carbons (Fsp3) is 0.643. The third-order valence-corrected chi connectivity index (χ3v) is 5.21. The Labute approximate surface area is 120 Å². The van der Waals surface area contributed by atoms with Gasteiger partial charge in [0.15, 0.2) is 9.84 Å². The molecule has 0 bridgehead atoms. The molecule has 20 heavy (non-hydrogen) atoms. The Kier molecular flexibility index (Phi) is 4.99. The summed E-state index contributed by atoms with van der Waals surface area (Å²) in [4.78, 5) is 6.62. The predicted octanol–water partition coefficient (Wildman–Crippen LogP) is 1.15. The van der Waals surface area contributed by atoms with Gasteiger partial charge in [-0.25, -0.2) is 13.4 Å². The number of aliphatic hydroxyl groups is 1. The molecule has 0 saturated carbocycles. The fourth-order valence-corrected chi connectivity index (χ4v) is 3.71. The highest BCUT2D eigenvalue weighted by Gasteiger charge is 2.20. The Morgan fingerprint density at radius 3 is 2.80 bits per heavy atom. The Morgan fingerprint density at radius 2 is 2.10 bits per heavy atom. The summed E-state index contributed by atoms with van der Waals surface area (Å²) in [6.45, 7) is 3.26. The van der Waals surface area contributed by atoms with E-state index >= 15 is 0 Å². The molecule has 5 nitrogen and oxygen atoms in total. The zero-order valence-corrected chi connectivity index (χ0v) is 12.7.